The maximum absolute atomic E-state index is 11.8. The highest BCUT2D eigenvalue weighted by atomic mass is 35.5. The number of fused-ring (bicyclic) bond motifs is 1. The maximum Gasteiger partial charge on any atom is 0.264 e. The van der Waals surface area contributed by atoms with Crippen molar-refractivity contribution in [2.45, 2.75) is 0 Å². The fourth-order valence-corrected chi connectivity index (χ4v) is 2.90. The van der Waals surface area contributed by atoms with Crippen LogP contribution in [-0.4, -0.2) is 29.5 Å². The third kappa shape index (κ3) is 3.19. The first kappa shape index (κ1) is 16.4. The van der Waals surface area contributed by atoms with Crippen molar-refractivity contribution in [3.63, 3.8) is 0 Å². The van der Waals surface area contributed by atoms with Crippen LogP contribution in [0.4, 0.5) is 17.3 Å². The molecule has 4 rings (SSSR count). The van der Waals surface area contributed by atoms with Crippen LogP contribution in [0.2, 0.25) is 5.02 Å². The Bertz CT molecular complexity index is 993. The van der Waals surface area contributed by atoms with Crippen LogP contribution in [-0.2, 0) is 4.79 Å². The molecule has 0 fully saturated rings. The Kier molecular flexibility index (Phi) is 4.18. The lowest BCUT2D eigenvalue weighted by molar-refractivity contribution is -0.120. The molecule has 1 aromatic heterocycles. The van der Waals surface area contributed by atoms with Crippen molar-refractivity contribution in [1.82, 2.24) is 9.97 Å². The van der Waals surface area contributed by atoms with E-state index in [1.54, 1.807) is 30.3 Å². The average molecular weight is 367 g/mol. The second-order valence-electron chi connectivity index (χ2n) is 5.82. The number of rotatable bonds is 3. The van der Waals surface area contributed by atoms with Gasteiger partial charge in [0.2, 0.25) is 5.95 Å². The number of hydrogen-bond donors (Lipinski definition) is 1. The number of carbonyl (C=O) groups excluding carboxylic acids is 1. The molecule has 0 saturated heterocycles. The van der Waals surface area contributed by atoms with E-state index >= 15 is 0 Å². The van der Waals surface area contributed by atoms with Gasteiger partial charge in [0.05, 0.1) is 11.4 Å². The molecule has 26 heavy (non-hydrogen) atoms. The van der Waals surface area contributed by atoms with Crippen LogP contribution < -0.4 is 15.0 Å². The number of aromatic nitrogens is 2. The number of anilines is 3. The van der Waals surface area contributed by atoms with E-state index in [0.29, 0.717) is 16.7 Å². The Morgan fingerprint density at radius 3 is 2.92 bits per heavy atom. The molecule has 130 valence electrons. The SMILES string of the molecule is CN1C(=O)COc2ccc(-c3ccnc(Nc4cccc(Cl)c4)n3)cc21. The molecule has 2 heterocycles. The molecule has 0 spiro atoms. The zero-order chi connectivity index (χ0) is 18.1. The normalized spacial score (nSPS) is 13.2. The van der Waals surface area contributed by atoms with Gasteiger partial charge < -0.3 is 15.0 Å². The van der Waals surface area contributed by atoms with E-state index in [1.807, 2.05) is 36.4 Å². The van der Waals surface area contributed by atoms with Gasteiger partial charge in [-0.2, -0.15) is 0 Å². The first-order valence-electron chi connectivity index (χ1n) is 7.99. The monoisotopic (exact) mass is 366 g/mol. The highest BCUT2D eigenvalue weighted by Crippen LogP contribution is 2.35. The molecular formula is C19H15ClN4O2. The number of likely N-dealkylation sites (N-methyl/N-ethyl adjacent to an activating group) is 1. The summed E-state index contributed by atoms with van der Waals surface area (Å²) in [6.07, 6.45) is 1.68. The van der Waals surface area contributed by atoms with E-state index in [0.717, 1.165) is 22.6 Å². The third-order valence-electron chi connectivity index (χ3n) is 4.08. The van der Waals surface area contributed by atoms with Gasteiger partial charge in [0.25, 0.3) is 5.91 Å². The maximum atomic E-state index is 11.8. The Hall–Kier alpha value is -3.12. The predicted molar refractivity (Wildman–Crippen MR) is 101 cm³/mol. The Morgan fingerprint density at radius 2 is 2.08 bits per heavy atom. The molecule has 0 unspecified atom stereocenters. The van der Waals surface area contributed by atoms with Crippen LogP contribution in [0, 0.1) is 0 Å². The Balaban J connectivity index is 1.66. The van der Waals surface area contributed by atoms with Crippen molar-refractivity contribution in [3.8, 4) is 17.0 Å². The Labute approximate surface area is 155 Å². The lowest BCUT2D eigenvalue weighted by Crippen LogP contribution is -2.35. The van der Waals surface area contributed by atoms with Crippen LogP contribution >= 0.6 is 11.6 Å². The van der Waals surface area contributed by atoms with Gasteiger partial charge in [0.15, 0.2) is 6.61 Å². The van der Waals surface area contributed by atoms with Gasteiger partial charge in [0, 0.05) is 29.5 Å². The quantitative estimate of drug-likeness (QED) is 0.761. The van der Waals surface area contributed by atoms with E-state index in [2.05, 4.69) is 15.3 Å². The number of amides is 1. The molecule has 3 aromatic rings. The van der Waals surface area contributed by atoms with Crippen LogP contribution in [0.3, 0.4) is 0 Å². The van der Waals surface area contributed by atoms with Gasteiger partial charge in [-0.1, -0.05) is 17.7 Å². The van der Waals surface area contributed by atoms with E-state index < -0.39 is 0 Å². The van der Waals surface area contributed by atoms with E-state index in [1.165, 1.54) is 0 Å². The standard InChI is InChI=1S/C19H15ClN4O2/c1-24-16-9-12(5-6-17(16)26-11-18(24)25)15-7-8-21-19(23-15)22-14-4-2-3-13(20)10-14/h2-10H,11H2,1H3,(H,21,22,23). The van der Waals surface area contributed by atoms with Crippen molar-refractivity contribution in [3.05, 3.63) is 59.8 Å². The largest absolute Gasteiger partial charge is 0.482 e. The lowest BCUT2D eigenvalue weighted by atomic mass is 10.1. The molecular weight excluding hydrogens is 352 g/mol. The number of halogens is 1. The highest BCUT2D eigenvalue weighted by molar-refractivity contribution is 6.30. The summed E-state index contributed by atoms with van der Waals surface area (Å²) in [5, 5.41) is 3.77. The zero-order valence-electron chi connectivity index (χ0n) is 13.9. The summed E-state index contributed by atoms with van der Waals surface area (Å²) in [6.45, 7) is 0.0596. The molecule has 1 amide bonds. The van der Waals surface area contributed by atoms with Crippen molar-refractivity contribution < 1.29 is 9.53 Å². The minimum absolute atomic E-state index is 0.0596. The molecule has 1 aliphatic rings. The van der Waals surface area contributed by atoms with Crippen LogP contribution in [0.15, 0.2) is 54.7 Å². The van der Waals surface area contributed by atoms with Crippen molar-refractivity contribution in [2.24, 2.45) is 0 Å². The summed E-state index contributed by atoms with van der Waals surface area (Å²) in [7, 11) is 1.74. The summed E-state index contributed by atoms with van der Waals surface area (Å²) in [5.41, 5.74) is 3.13. The lowest BCUT2D eigenvalue weighted by Gasteiger charge is -2.26. The first-order chi connectivity index (χ1) is 12.6. The van der Waals surface area contributed by atoms with Gasteiger partial charge in [-0.15, -0.1) is 0 Å². The van der Waals surface area contributed by atoms with Gasteiger partial charge in [-0.25, -0.2) is 9.97 Å². The number of hydrogen-bond acceptors (Lipinski definition) is 5. The van der Waals surface area contributed by atoms with Crippen LogP contribution in [0.5, 0.6) is 5.75 Å². The number of ether oxygens (including phenoxy) is 1. The van der Waals surface area contributed by atoms with E-state index in [9.17, 15) is 4.79 Å². The molecule has 2 aromatic carbocycles. The molecule has 7 heteroatoms. The second kappa shape index (κ2) is 6.65. The Morgan fingerprint density at radius 1 is 1.19 bits per heavy atom. The van der Waals surface area contributed by atoms with Gasteiger partial charge in [-0.05, 0) is 42.5 Å². The topological polar surface area (TPSA) is 67.4 Å². The summed E-state index contributed by atoms with van der Waals surface area (Å²) < 4.78 is 5.46. The second-order valence-corrected chi connectivity index (χ2v) is 6.26. The first-order valence-corrected chi connectivity index (χ1v) is 8.37. The van der Waals surface area contributed by atoms with Gasteiger partial charge in [-0.3, -0.25) is 4.79 Å². The number of nitrogens with zero attached hydrogens (tertiary/aromatic N) is 3. The fraction of sp³-hybridized carbons (Fsp3) is 0.105. The third-order valence-corrected chi connectivity index (χ3v) is 4.31. The highest BCUT2D eigenvalue weighted by Gasteiger charge is 2.22. The minimum atomic E-state index is -0.0827. The van der Waals surface area contributed by atoms with E-state index in [-0.39, 0.29) is 12.5 Å². The summed E-state index contributed by atoms with van der Waals surface area (Å²) in [5.74, 6) is 1.06. The van der Waals surface area contributed by atoms with E-state index in [4.69, 9.17) is 16.3 Å². The molecule has 0 radical (unpaired) electrons. The summed E-state index contributed by atoms with van der Waals surface area (Å²) in [4.78, 5) is 22.2. The fourth-order valence-electron chi connectivity index (χ4n) is 2.71. The summed E-state index contributed by atoms with van der Waals surface area (Å²) >= 11 is 6.01. The number of nitrogens with one attached hydrogen (secondary N) is 1. The van der Waals surface area contributed by atoms with Crippen molar-refractivity contribution in [1.29, 1.82) is 0 Å². The van der Waals surface area contributed by atoms with Crippen LogP contribution in [0.25, 0.3) is 11.3 Å². The molecule has 1 N–H and O–H groups in total. The zero-order valence-corrected chi connectivity index (χ0v) is 14.7. The van der Waals surface area contributed by atoms with Crippen molar-refractivity contribution >= 4 is 34.8 Å². The minimum Gasteiger partial charge on any atom is -0.482 e. The average Bonchev–Trinajstić information content (AvgIpc) is 2.65. The van der Waals surface area contributed by atoms with Gasteiger partial charge >= 0.3 is 0 Å². The molecule has 0 saturated carbocycles. The summed E-state index contributed by atoms with van der Waals surface area (Å²) in [6, 6.07) is 14.8. The van der Waals surface area contributed by atoms with Gasteiger partial charge in [0.1, 0.15) is 5.75 Å². The molecule has 0 aliphatic carbocycles. The molecule has 6 nitrogen and oxygen atoms in total. The number of carbonyl (C=O) groups is 1. The predicted octanol–water partition coefficient (Wildman–Crippen LogP) is 3.90. The molecule has 0 bridgehead atoms. The molecule has 1 aliphatic heterocycles. The smallest absolute Gasteiger partial charge is 0.264 e. The van der Waals surface area contributed by atoms with Crippen LogP contribution in [0.1, 0.15) is 0 Å². The van der Waals surface area contributed by atoms with Crippen molar-refractivity contribution in [2.75, 3.05) is 23.9 Å². The number of benzene rings is 2. The molecule has 0 atom stereocenters.